The first-order valence-electron chi connectivity index (χ1n) is 8.82. The van der Waals surface area contributed by atoms with E-state index in [0.29, 0.717) is 18.4 Å². The van der Waals surface area contributed by atoms with Gasteiger partial charge in [-0.15, -0.1) is 0 Å². The fourth-order valence-electron chi connectivity index (χ4n) is 4.34. The zero-order valence-corrected chi connectivity index (χ0v) is 13.8. The van der Waals surface area contributed by atoms with E-state index in [1.54, 1.807) is 13.4 Å². The molecule has 1 saturated heterocycles. The van der Waals surface area contributed by atoms with E-state index in [4.69, 9.17) is 4.74 Å². The number of hydrogen-bond acceptors (Lipinski definition) is 5. The van der Waals surface area contributed by atoms with Crippen molar-refractivity contribution in [1.82, 2.24) is 19.6 Å². The normalized spacial score (nSPS) is 25.3. The van der Waals surface area contributed by atoms with Crippen molar-refractivity contribution in [1.29, 1.82) is 0 Å². The van der Waals surface area contributed by atoms with Crippen LogP contribution in [-0.4, -0.2) is 39.3 Å². The van der Waals surface area contributed by atoms with E-state index < -0.39 is 0 Å². The van der Waals surface area contributed by atoms with Crippen molar-refractivity contribution in [2.45, 2.75) is 57.6 Å². The molecule has 0 radical (unpaired) electrons. The zero-order valence-electron chi connectivity index (χ0n) is 13.8. The van der Waals surface area contributed by atoms with E-state index in [0.717, 1.165) is 24.0 Å². The third-order valence-corrected chi connectivity index (χ3v) is 5.37. The van der Waals surface area contributed by atoms with Crippen molar-refractivity contribution >= 4 is 11.6 Å². The van der Waals surface area contributed by atoms with Crippen LogP contribution in [0.4, 0.5) is 5.82 Å². The first-order chi connectivity index (χ1) is 11.4. The minimum absolute atomic E-state index is 0.512. The van der Waals surface area contributed by atoms with Crippen LogP contribution in [0.3, 0.4) is 0 Å². The Morgan fingerprint density at radius 3 is 2.87 bits per heavy atom. The highest BCUT2D eigenvalue weighted by Crippen LogP contribution is 2.37. The van der Waals surface area contributed by atoms with Crippen molar-refractivity contribution in [3.63, 3.8) is 0 Å². The van der Waals surface area contributed by atoms with Crippen LogP contribution >= 0.6 is 0 Å². The van der Waals surface area contributed by atoms with Crippen LogP contribution in [0.15, 0.2) is 12.4 Å². The predicted molar refractivity (Wildman–Crippen MR) is 88.4 cm³/mol. The molecule has 0 spiro atoms. The summed E-state index contributed by atoms with van der Waals surface area (Å²) in [5, 5.41) is 4.42. The maximum absolute atomic E-state index is 5.29. The third kappa shape index (κ3) is 2.80. The standard InChI is InChI=1S/C17H25N5O/c1-23-11-14-10-16(22-17(20-14)18-12-19-22)21-9-5-4-7-13-6-2-3-8-15(13)21/h10,12-13,15H,2-9,11H2,1H3/t13-,15+/m1/s1. The minimum atomic E-state index is 0.512. The lowest BCUT2D eigenvalue weighted by Crippen LogP contribution is -2.42. The van der Waals surface area contributed by atoms with Crippen molar-refractivity contribution in [2.75, 3.05) is 18.6 Å². The van der Waals surface area contributed by atoms with Gasteiger partial charge in [0.05, 0.1) is 12.3 Å². The van der Waals surface area contributed by atoms with Crippen molar-refractivity contribution in [2.24, 2.45) is 5.92 Å². The van der Waals surface area contributed by atoms with E-state index >= 15 is 0 Å². The summed E-state index contributed by atoms with van der Waals surface area (Å²) >= 11 is 0. The van der Waals surface area contributed by atoms with Gasteiger partial charge >= 0.3 is 0 Å². The van der Waals surface area contributed by atoms with Crippen molar-refractivity contribution in [3.05, 3.63) is 18.1 Å². The van der Waals surface area contributed by atoms with Gasteiger partial charge < -0.3 is 9.64 Å². The molecule has 3 heterocycles. The Kier molecular flexibility index (Phi) is 4.16. The molecule has 0 amide bonds. The number of hydrogen-bond donors (Lipinski definition) is 0. The van der Waals surface area contributed by atoms with Gasteiger partial charge in [0, 0.05) is 25.8 Å². The fraction of sp³-hybridized carbons (Fsp3) is 0.706. The summed E-state index contributed by atoms with van der Waals surface area (Å²) < 4.78 is 7.19. The maximum Gasteiger partial charge on any atom is 0.254 e. The van der Waals surface area contributed by atoms with Crippen LogP contribution in [-0.2, 0) is 11.3 Å². The van der Waals surface area contributed by atoms with Crippen molar-refractivity contribution < 1.29 is 4.74 Å². The van der Waals surface area contributed by atoms with Crippen LogP contribution in [0.2, 0.25) is 0 Å². The Labute approximate surface area is 136 Å². The highest BCUT2D eigenvalue weighted by Gasteiger charge is 2.33. The molecule has 2 atom stereocenters. The second-order valence-electron chi connectivity index (χ2n) is 6.81. The molecular formula is C17H25N5O. The predicted octanol–water partition coefficient (Wildman–Crippen LogP) is 2.82. The monoisotopic (exact) mass is 315 g/mol. The average molecular weight is 315 g/mol. The molecule has 1 aliphatic heterocycles. The van der Waals surface area contributed by atoms with Crippen LogP contribution in [0.25, 0.3) is 5.78 Å². The SMILES string of the molecule is COCc1cc(N2CCCC[C@H]3CCCC[C@@H]32)n2ncnc2n1. The third-order valence-electron chi connectivity index (χ3n) is 5.37. The number of nitrogens with zero attached hydrogens (tertiary/aromatic N) is 5. The average Bonchev–Trinajstić information content (AvgIpc) is 2.94. The molecule has 2 aromatic heterocycles. The Morgan fingerprint density at radius 1 is 1.17 bits per heavy atom. The lowest BCUT2D eigenvalue weighted by Gasteiger charge is -2.39. The van der Waals surface area contributed by atoms with Crippen LogP contribution in [0.1, 0.15) is 50.6 Å². The quantitative estimate of drug-likeness (QED) is 0.872. The molecule has 1 aliphatic carbocycles. The summed E-state index contributed by atoms with van der Waals surface area (Å²) in [4.78, 5) is 11.4. The lowest BCUT2D eigenvalue weighted by molar-refractivity contribution is 0.181. The van der Waals surface area contributed by atoms with E-state index in [2.05, 4.69) is 26.0 Å². The Balaban J connectivity index is 1.77. The number of anilines is 1. The van der Waals surface area contributed by atoms with Gasteiger partial charge in [-0.3, -0.25) is 0 Å². The largest absolute Gasteiger partial charge is 0.378 e. The number of fused-ring (bicyclic) bond motifs is 2. The molecule has 4 rings (SSSR count). The molecule has 0 unspecified atom stereocenters. The topological polar surface area (TPSA) is 55.6 Å². The van der Waals surface area contributed by atoms with Crippen LogP contribution in [0, 0.1) is 5.92 Å². The highest BCUT2D eigenvalue weighted by atomic mass is 16.5. The Bertz CT molecular complexity index is 670. The van der Waals surface area contributed by atoms with Gasteiger partial charge in [0.1, 0.15) is 12.1 Å². The summed E-state index contributed by atoms with van der Waals surface area (Å²) in [7, 11) is 1.71. The fourth-order valence-corrected chi connectivity index (χ4v) is 4.34. The molecule has 0 N–H and O–H groups in total. The van der Waals surface area contributed by atoms with E-state index in [9.17, 15) is 0 Å². The van der Waals surface area contributed by atoms with E-state index in [-0.39, 0.29) is 0 Å². The molecule has 2 fully saturated rings. The molecule has 124 valence electrons. The minimum Gasteiger partial charge on any atom is -0.378 e. The van der Waals surface area contributed by atoms with Crippen molar-refractivity contribution in [3.8, 4) is 0 Å². The number of aromatic nitrogens is 4. The second kappa shape index (κ2) is 6.43. The Morgan fingerprint density at radius 2 is 2.00 bits per heavy atom. The summed E-state index contributed by atoms with van der Waals surface area (Å²) in [5.41, 5.74) is 0.930. The van der Waals surface area contributed by atoms with Gasteiger partial charge in [-0.1, -0.05) is 19.3 Å². The zero-order chi connectivity index (χ0) is 15.6. The first-order valence-corrected chi connectivity index (χ1v) is 8.82. The lowest BCUT2D eigenvalue weighted by atomic mass is 9.81. The van der Waals surface area contributed by atoms with E-state index in [1.807, 2.05) is 4.52 Å². The Hall–Kier alpha value is -1.69. The molecule has 0 aromatic carbocycles. The van der Waals surface area contributed by atoms with Gasteiger partial charge in [0.2, 0.25) is 0 Å². The number of methoxy groups -OCH3 is 1. The first kappa shape index (κ1) is 14.9. The van der Waals surface area contributed by atoms with E-state index in [1.165, 1.54) is 44.9 Å². The van der Waals surface area contributed by atoms with Gasteiger partial charge in [0.25, 0.3) is 5.78 Å². The number of rotatable bonds is 3. The maximum atomic E-state index is 5.29. The molecule has 2 aromatic rings. The molecule has 6 nitrogen and oxygen atoms in total. The van der Waals surface area contributed by atoms with Gasteiger partial charge in [-0.25, -0.2) is 4.98 Å². The summed E-state index contributed by atoms with van der Waals surface area (Å²) in [6, 6.07) is 2.78. The van der Waals surface area contributed by atoms with Crippen LogP contribution < -0.4 is 4.90 Å². The second-order valence-corrected chi connectivity index (χ2v) is 6.81. The molecule has 0 bridgehead atoms. The molecule has 2 aliphatic rings. The smallest absolute Gasteiger partial charge is 0.254 e. The summed E-state index contributed by atoms with van der Waals surface area (Å²) in [6.45, 7) is 1.62. The number of ether oxygens (including phenoxy) is 1. The van der Waals surface area contributed by atoms with Crippen LogP contribution in [0.5, 0.6) is 0 Å². The molecule has 6 heteroatoms. The molecular weight excluding hydrogens is 290 g/mol. The highest BCUT2D eigenvalue weighted by molar-refractivity contribution is 5.48. The molecule has 1 saturated carbocycles. The summed E-state index contributed by atoms with van der Waals surface area (Å²) in [6.07, 6.45) is 11.0. The van der Waals surface area contributed by atoms with Gasteiger partial charge in [-0.05, 0) is 31.6 Å². The van der Waals surface area contributed by atoms with Gasteiger partial charge in [0.15, 0.2) is 0 Å². The molecule has 23 heavy (non-hydrogen) atoms. The summed E-state index contributed by atoms with van der Waals surface area (Å²) in [5.74, 6) is 2.63. The van der Waals surface area contributed by atoms with Gasteiger partial charge in [-0.2, -0.15) is 14.6 Å².